The second-order valence-corrected chi connectivity index (χ2v) is 5.20. The fraction of sp³-hybridized carbons (Fsp3) is 0.438. The van der Waals surface area contributed by atoms with E-state index in [1.54, 1.807) is 0 Å². The van der Waals surface area contributed by atoms with Crippen molar-refractivity contribution in [1.82, 2.24) is 9.78 Å². The third-order valence-corrected chi connectivity index (χ3v) is 3.77. The molecule has 2 heterocycles. The van der Waals surface area contributed by atoms with Crippen molar-refractivity contribution in [3.05, 3.63) is 47.3 Å². The molecule has 1 aromatic carbocycles. The highest BCUT2D eigenvalue weighted by molar-refractivity contribution is 5.60. The Labute approximate surface area is 114 Å². The van der Waals surface area contributed by atoms with Gasteiger partial charge in [-0.1, -0.05) is 25.1 Å². The lowest BCUT2D eigenvalue weighted by molar-refractivity contribution is 0.580. The third kappa shape index (κ3) is 2.50. The van der Waals surface area contributed by atoms with Crippen LogP contribution in [0.4, 0.5) is 5.69 Å². The van der Waals surface area contributed by atoms with Crippen LogP contribution in [0.2, 0.25) is 0 Å². The number of anilines is 1. The van der Waals surface area contributed by atoms with Crippen molar-refractivity contribution in [2.75, 3.05) is 11.9 Å². The molecule has 0 bridgehead atoms. The molecule has 1 aliphatic rings. The number of nitrogens with one attached hydrogen (secondary N) is 1. The number of benzene rings is 1. The number of rotatable bonds is 4. The zero-order valence-corrected chi connectivity index (χ0v) is 11.5. The maximum atomic E-state index is 4.41. The SMILES string of the molecule is CCCn1nccc1Cc1cccc2c1NCCC2. The smallest absolute Gasteiger partial charge is 0.0492 e. The fourth-order valence-corrected chi connectivity index (χ4v) is 2.85. The first-order valence-electron chi connectivity index (χ1n) is 7.24. The van der Waals surface area contributed by atoms with Crippen molar-refractivity contribution in [2.24, 2.45) is 0 Å². The van der Waals surface area contributed by atoms with Crippen LogP contribution in [0.25, 0.3) is 0 Å². The van der Waals surface area contributed by atoms with Gasteiger partial charge in [-0.25, -0.2) is 0 Å². The second kappa shape index (κ2) is 5.47. The Bertz CT molecular complexity index is 557. The van der Waals surface area contributed by atoms with Gasteiger partial charge in [0.2, 0.25) is 0 Å². The summed E-state index contributed by atoms with van der Waals surface area (Å²) in [4.78, 5) is 0. The highest BCUT2D eigenvalue weighted by Crippen LogP contribution is 2.27. The van der Waals surface area contributed by atoms with Gasteiger partial charge in [0.15, 0.2) is 0 Å². The Morgan fingerprint density at radius 2 is 2.26 bits per heavy atom. The lowest BCUT2D eigenvalue weighted by Crippen LogP contribution is -2.14. The summed E-state index contributed by atoms with van der Waals surface area (Å²) in [5.41, 5.74) is 5.53. The Morgan fingerprint density at radius 1 is 1.32 bits per heavy atom. The van der Waals surface area contributed by atoms with Crippen molar-refractivity contribution in [1.29, 1.82) is 0 Å². The quantitative estimate of drug-likeness (QED) is 0.909. The van der Waals surface area contributed by atoms with Gasteiger partial charge in [0.1, 0.15) is 0 Å². The summed E-state index contributed by atoms with van der Waals surface area (Å²) in [5.74, 6) is 0. The summed E-state index contributed by atoms with van der Waals surface area (Å²) in [6.07, 6.45) is 6.44. The van der Waals surface area contributed by atoms with E-state index in [0.717, 1.165) is 25.9 Å². The van der Waals surface area contributed by atoms with Crippen molar-refractivity contribution in [3.8, 4) is 0 Å². The molecule has 0 fully saturated rings. The molecular weight excluding hydrogens is 234 g/mol. The number of hydrogen-bond acceptors (Lipinski definition) is 2. The van der Waals surface area contributed by atoms with E-state index in [1.165, 1.54) is 35.3 Å². The zero-order valence-electron chi connectivity index (χ0n) is 11.5. The van der Waals surface area contributed by atoms with Gasteiger partial charge in [-0.3, -0.25) is 4.68 Å². The lowest BCUT2D eigenvalue weighted by atomic mass is 9.97. The first-order chi connectivity index (χ1) is 9.38. The molecule has 0 radical (unpaired) electrons. The molecular formula is C16H21N3. The van der Waals surface area contributed by atoms with E-state index in [9.17, 15) is 0 Å². The van der Waals surface area contributed by atoms with Crippen LogP contribution in [0.15, 0.2) is 30.5 Å². The van der Waals surface area contributed by atoms with Crippen LogP contribution in [0.3, 0.4) is 0 Å². The number of aromatic nitrogens is 2. The third-order valence-electron chi connectivity index (χ3n) is 3.77. The molecule has 0 saturated carbocycles. The van der Waals surface area contributed by atoms with Gasteiger partial charge in [0.25, 0.3) is 0 Å². The van der Waals surface area contributed by atoms with Crippen LogP contribution >= 0.6 is 0 Å². The monoisotopic (exact) mass is 255 g/mol. The highest BCUT2D eigenvalue weighted by Gasteiger charge is 2.13. The van der Waals surface area contributed by atoms with E-state index in [-0.39, 0.29) is 0 Å². The summed E-state index contributed by atoms with van der Waals surface area (Å²) in [6, 6.07) is 8.80. The minimum absolute atomic E-state index is 0.968. The standard InChI is InChI=1S/C16H21N3/c1-2-11-19-15(8-10-18-19)12-14-6-3-5-13-7-4-9-17-16(13)14/h3,5-6,8,10,17H,2,4,7,9,11-12H2,1H3. The molecule has 3 heteroatoms. The van der Waals surface area contributed by atoms with Crippen molar-refractivity contribution in [2.45, 2.75) is 39.2 Å². The Morgan fingerprint density at radius 3 is 3.16 bits per heavy atom. The predicted octanol–water partition coefficient (Wildman–Crippen LogP) is 3.24. The molecule has 100 valence electrons. The number of para-hydroxylation sites is 1. The van der Waals surface area contributed by atoms with E-state index in [4.69, 9.17) is 0 Å². The number of hydrogen-bond donors (Lipinski definition) is 1. The summed E-state index contributed by atoms with van der Waals surface area (Å²) in [6.45, 7) is 4.29. The number of aryl methyl sites for hydroxylation is 2. The molecule has 1 aliphatic heterocycles. The van der Waals surface area contributed by atoms with Crippen LogP contribution in [-0.2, 0) is 19.4 Å². The molecule has 0 unspecified atom stereocenters. The fourth-order valence-electron chi connectivity index (χ4n) is 2.85. The van der Waals surface area contributed by atoms with Crippen LogP contribution < -0.4 is 5.32 Å². The van der Waals surface area contributed by atoms with Gasteiger partial charge >= 0.3 is 0 Å². The highest BCUT2D eigenvalue weighted by atomic mass is 15.3. The Hall–Kier alpha value is -1.77. The van der Waals surface area contributed by atoms with E-state index >= 15 is 0 Å². The molecule has 0 aliphatic carbocycles. The van der Waals surface area contributed by atoms with Gasteiger partial charge in [-0.2, -0.15) is 5.10 Å². The summed E-state index contributed by atoms with van der Waals surface area (Å²) in [7, 11) is 0. The lowest BCUT2D eigenvalue weighted by Gasteiger charge is -2.21. The minimum Gasteiger partial charge on any atom is -0.385 e. The Balaban J connectivity index is 1.88. The Kier molecular flexibility index (Phi) is 3.53. The zero-order chi connectivity index (χ0) is 13.1. The average molecular weight is 255 g/mol. The molecule has 0 saturated heterocycles. The maximum absolute atomic E-state index is 4.41. The topological polar surface area (TPSA) is 29.9 Å². The molecule has 1 aromatic heterocycles. The van der Waals surface area contributed by atoms with Crippen molar-refractivity contribution in [3.63, 3.8) is 0 Å². The first kappa shape index (κ1) is 12.3. The molecule has 3 rings (SSSR count). The molecule has 0 atom stereocenters. The normalized spacial score (nSPS) is 13.9. The predicted molar refractivity (Wildman–Crippen MR) is 78.6 cm³/mol. The molecule has 1 N–H and O–H groups in total. The molecule has 0 amide bonds. The maximum Gasteiger partial charge on any atom is 0.0492 e. The van der Waals surface area contributed by atoms with E-state index in [0.29, 0.717) is 0 Å². The second-order valence-electron chi connectivity index (χ2n) is 5.20. The molecule has 3 nitrogen and oxygen atoms in total. The van der Waals surface area contributed by atoms with Crippen LogP contribution in [0.1, 0.15) is 36.6 Å². The van der Waals surface area contributed by atoms with Gasteiger partial charge in [0, 0.05) is 37.1 Å². The van der Waals surface area contributed by atoms with Gasteiger partial charge < -0.3 is 5.32 Å². The summed E-state index contributed by atoms with van der Waals surface area (Å²) < 4.78 is 2.13. The van der Waals surface area contributed by atoms with Crippen molar-refractivity contribution >= 4 is 5.69 Å². The van der Waals surface area contributed by atoms with Gasteiger partial charge in [-0.05, 0) is 36.5 Å². The van der Waals surface area contributed by atoms with Crippen LogP contribution in [0.5, 0.6) is 0 Å². The summed E-state index contributed by atoms with van der Waals surface area (Å²) >= 11 is 0. The molecule has 0 spiro atoms. The van der Waals surface area contributed by atoms with E-state index in [2.05, 4.69) is 46.3 Å². The minimum atomic E-state index is 0.968. The van der Waals surface area contributed by atoms with Crippen LogP contribution in [0, 0.1) is 0 Å². The summed E-state index contributed by atoms with van der Waals surface area (Å²) in [5, 5.41) is 7.98. The molecule has 2 aromatic rings. The van der Waals surface area contributed by atoms with E-state index in [1.807, 2.05) is 6.20 Å². The molecule has 19 heavy (non-hydrogen) atoms. The number of fused-ring (bicyclic) bond motifs is 1. The van der Waals surface area contributed by atoms with E-state index < -0.39 is 0 Å². The average Bonchev–Trinajstić information content (AvgIpc) is 2.87. The largest absolute Gasteiger partial charge is 0.385 e. The van der Waals surface area contributed by atoms with Gasteiger partial charge in [-0.15, -0.1) is 0 Å². The number of nitrogens with zero attached hydrogens (tertiary/aromatic N) is 2. The van der Waals surface area contributed by atoms with Gasteiger partial charge in [0.05, 0.1) is 0 Å². The first-order valence-corrected chi connectivity index (χ1v) is 7.24. The van der Waals surface area contributed by atoms with Crippen molar-refractivity contribution < 1.29 is 0 Å². The van der Waals surface area contributed by atoms with Crippen LogP contribution in [-0.4, -0.2) is 16.3 Å².